The number of nitrogens with zero attached hydrogens (tertiary/aromatic N) is 3. The summed E-state index contributed by atoms with van der Waals surface area (Å²) in [7, 11) is 0. The van der Waals surface area contributed by atoms with E-state index in [0.29, 0.717) is 11.1 Å². The minimum Gasteiger partial charge on any atom is -0.436 e. The summed E-state index contributed by atoms with van der Waals surface area (Å²) in [6, 6.07) is 40.1. The Morgan fingerprint density at radius 2 is 0.927 bits per heavy atom. The molecular weight excluding hydrogens is 716 g/mol. The molecular formula is C44H23F6N3O2. The molecule has 0 radical (unpaired) electrons. The molecule has 0 amide bonds. The summed E-state index contributed by atoms with van der Waals surface area (Å²) in [6.07, 6.45) is -9.07. The van der Waals surface area contributed by atoms with Gasteiger partial charge in [-0.2, -0.15) is 26.3 Å². The molecule has 268 valence electrons. The molecule has 10 aromatic rings. The van der Waals surface area contributed by atoms with Crippen LogP contribution in [0.25, 0.3) is 94.5 Å². The van der Waals surface area contributed by atoms with E-state index >= 15 is 0 Å². The molecule has 0 bridgehead atoms. The van der Waals surface area contributed by atoms with E-state index in [0.717, 1.165) is 73.7 Å². The van der Waals surface area contributed by atoms with Crippen molar-refractivity contribution in [1.29, 1.82) is 0 Å². The molecule has 11 heteroatoms. The largest absolute Gasteiger partial charge is 0.436 e. The van der Waals surface area contributed by atoms with Gasteiger partial charge in [0.1, 0.15) is 11.0 Å². The third-order valence-electron chi connectivity index (χ3n) is 9.90. The van der Waals surface area contributed by atoms with Crippen LogP contribution in [0, 0.1) is 0 Å². The van der Waals surface area contributed by atoms with Crippen molar-refractivity contribution in [2.45, 2.75) is 12.4 Å². The molecule has 0 saturated carbocycles. The first kappa shape index (κ1) is 32.7. The predicted molar refractivity (Wildman–Crippen MR) is 200 cm³/mol. The number of hydrogen-bond donors (Lipinski definition) is 0. The molecule has 5 nitrogen and oxygen atoms in total. The third-order valence-corrected chi connectivity index (χ3v) is 9.90. The van der Waals surface area contributed by atoms with Gasteiger partial charge in [-0.15, -0.1) is 0 Å². The van der Waals surface area contributed by atoms with E-state index in [9.17, 15) is 26.3 Å². The number of benzene rings is 7. The zero-order valence-electron chi connectivity index (χ0n) is 28.2. The molecule has 10 rings (SSSR count). The Balaban J connectivity index is 1.12. The van der Waals surface area contributed by atoms with Gasteiger partial charge in [0.05, 0.1) is 22.2 Å². The first-order valence-corrected chi connectivity index (χ1v) is 17.1. The molecule has 0 spiro atoms. The van der Waals surface area contributed by atoms with Gasteiger partial charge in [0, 0.05) is 27.6 Å². The van der Waals surface area contributed by atoms with Crippen LogP contribution in [-0.2, 0) is 12.4 Å². The van der Waals surface area contributed by atoms with Gasteiger partial charge in [0.2, 0.25) is 11.8 Å². The van der Waals surface area contributed by atoms with E-state index in [2.05, 4.69) is 57.0 Å². The Labute approximate surface area is 306 Å². The van der Waals surface area contributed by atoms with Crippen molar-refractivity contribution in [1.82, 2.24) is 14.5 Å². The van der Waals surface area contributed by atoms with E-state index in [1.54, 1.807) is 12.1 Å². The second kappa shape index (κ2) is 11.8. The van der Waals surface area contributed by atoms with Crippen LogP contribution in [0.1, 0.15) is 11.1 Å². The maximum absolute atomic E-state index is 13.4. The minimum absolute atomic E-state index is 0.0748. The first-order chi connectivity index (χ1) is 26.5. The van der Waals surface area contributed by atoms with Crippen LogP contribution in [0.15, 0.2) is 148 Å². The fourth-order valence-corrected chi connectivity index (χ4v) is 7.19. The molecule has 3 heterocycles. The van der Waals surface area contributed by atoms with Crippen LogP contribution in [0.4, 0.5) is 26.3 Å². The molecule has 0 N–H and O–H groups in total. The minimum atomic E-state index is -4.53. The van der Waals surface area contributed by atoms with E-state index < -0.39 is 23.5 Å². The average Bonchev–Trinajstić information content (AvgIpc) is 3.90. The summed E-state index contributed by atoms with van der Waals surface area (Å²) in [6.45, 7) is 0. The van der Waals surface area contributed by atoms with Crippen molar-refractivity contribution < 1.29 is 35.2 Å². The molecule has 0 unspecified atom stereocenters. The SMILES string of the molecule is FC(F)(F)c1ccc2oc(-c3ccc4c(c3)c3cc(-c5nc6cc(C(F)(F)F)ccc6o5)ccc3n4-c3ccc(-c4ccc5ccccc5c4)cc3)nc2c1. The van der Waals surface area contributed by atoms with E-state index in [4.69, 9.17) is 8.83 Å². The number of fused-ring (bicyclic) bond motifs is 6. The fraction of sp³-hybridized carbons (Fsp3) is 0.0455. The Kier molecular flexibility index (Phi) is 7.03. The third kappa shape index (κ3) is 5.58. The highest BCUT2D eigenvalue weighted by atomic mass is 19.4. The Morgan fingerprint density at radius 1 is 0.436 bits per heavy atom. The van der Waals surface area contributed by atoms with Gasteiger partial charge in [0.15, 0.2) is 11.2 Å². The Hall–Kier alpha value is -6.88. The Morgan fingerprint density at radius 3 is 1.45 bits per heavy atom. The van der Waals surface area contributed by atoms with Crippen molar-refractivity contribution in [2.24, 2.45) is 0 Å². The topological polar surface area (TPSA) is 57.0 Å². The number of rotatable bonds is 4. The molecule has 0 fully saturated rings. The van der Waals surface area contributed by atoms with Crippen LogP contribution >= 0.6 is 0 Å². The normalized spacial score (nSPS) is 12.5. The maximum Gasteiger partial charge on any atom is 0.416 e. The summed E-state index contributed by atoms with van der Waals surface area (Å²) in [5.41, 5.74) is 4.60. The highest BCUT2D eigenvalue weighted by Crippen LogP contribution is 2.40. The summed E-state index contributed by atoms with van der Waals surface area (Å²) >= 11 is 0. The number of halogens is 6. The molecule has 0 aliphatic carbocycles. The number of hydrogen-bond acceptors (Lipinski definition) is 4. The van der Waals surface area contributed by atoms with Crippen LogP contribution in [0.5, 0.6) is 0 Å². The van der Waals surface area contributed by atoms with Crippen LogP contribution in [0.2, 0.25) is 0 Å². The summed E-state index contributed by atoms with van der Waals surface area (Å²) in [4.78, 5) is 8.80. The fourth-order valence-electron chi connectivity index (χ4n) is 7.19. The molecule has 0 aliphatic heterocycles. The smallest absolute Gasteiger partial charge is 0.416 e. The van der Waals surface area contributed by atoms with Gasteiger partial charge < -0.3 is 13.4 Å². The van der Waals surface area contributed by atoms with Gasteiger partial charge in [-0.25, -0.2) is 9.97 Å². The summed E-state index contributed by atoms with van der Waals surface area (Å²) < 4.78 is 94.6. The maximum atomic E-state index is 13.4. The quantitative estimate of drug-likeness (QED) is 0.169. The predicted octanol–water partition coefficient (Wildman–Crippen LogP) is 13.3. The van der Waals surface area contributed by atoms with Crippen molar-refractivity contribution in [3.63, 3.8) is 0 Å². The lowest BCUT2D eigenvalue weighted by atomic mass is 10.0. The molecule has 55 heavy (non-hydrogen) atoms. The van der Waals surface area contributed by atoms with Gasteiger partial charge in [-0.1, -0.05) is 48.5 Å². The number of aromatic nitrogens is 3. The van der Waals surface area contributed by atoms with Gasteiger partial charge in [0.25, 0.3) is 0 Å². The first-order valence-electron chi connectivity index (χ1n) is 17.1. The highest BCUT2D eigenvalue weighted by Gasteiger charge is 2.32. The van der Waals surface area contributed by atoms with Crippen molar-refractivity contribution in [3.05, 3.63) is 151 Å². The molecule has 7 aromatic carbocycles. The summed E-state index contributed by atoms with van der Waals surface area (Å²) in [5, 5.41) is 3.82. The highest BCUT2D eigenvalue weighted by molar-refractivity contribution is 6.11. The van der Waals surface area contributed by atoms with E-state index in [-0.39, 0.29) is 34.0 Å². The lowest BCUT2D eigenvalue weighted by molar-refractivity contribution is -0.138. The lowest BCUT2D eigenvalue weighted by Gasteiger charge is -2.10. The Bertz CT molecular complexity index is 2980. The van der Waals surface area contributed by atoms with Crippen molar-refractivity contribution in [3.8, 4) is 39.7 Å². The standard InChI is InChI=1S/C44H23F6N3O2/c45-43(46,47)30-11-17-39-35(22-30)51-41(54-39)28-9-15-37-33(20-28)34-21-29(42-52-36-23-31(44(48,49)50)12-18-40(36)55-42)10-16-38(34)53(37)32-13-7-25(8-14-32)27-6-5-24-3-1-2-4-26(24)19-27/h1-23H. The van der Waals surface area contributed by atoms with E-state index in [1.807, 2.05) is 48.5 Å². The van der Waals surface area contributed by atoms with Crippen LogP contribution in [-0.4, -0.2) is 14.5 Å². The zero-order valence-corrected chi connectivity index (χ0v) is 28.2. The van der Waals surface area contributed by atoms with Crippen molar-refractivity contribution >= 4 is 54.8 Å². The molecule has 0 aliphatic rings. The second-order valence-corrected chi connectivity index (χ2v) is 13.3. The molecule has 3 aromatic heterocycles. The van der Waals surface area contributed by atoms with Gasteiger partial charge in [-0.05, 0) is 113 Å². The van der Waals surface area contributed by atoms with E-state index in [1.165, 1.54) is 12.1 Å². The van der Waals surface area contributed by atoms with Gasteiger partial charge in [-0.3, -0.25) is 0 Å². The van der Waals surface area contributed by atoms with Crippen LogP contribution in [0.3, 0.4) is 0 Å². The monoisotopic (exact) mass is 739 g/mol. The van der Waals surface area contributed by atoms with Crippen LogP contribution < -0.4 is 0 Å². The number of oxazole rings is 2. The zero-order chi connectivity index (χ0) is 37.6. The molecule has 0 saturated heterocycles. The second-order valence-electron chi connectivity index (χ2n) is 13.3. The average molecular weight is 740 g/mol. The van der Waals surface area contributed by atoms with Gasteiger partial charge >= 0.3 is 12.4 Å². The summed E-state index contributed by atoms with van der Waals surface area (Å²) in [5.74, 6) is 0.292. The van der Waals surface area contributed by atoms with Crippen molar-refractivity contribution in [2.75, 3.05) is 0 Å². The number of alkyl halides is 6. The lowest BCUT2D eigenvalue weighted by Crippen LogP contribution is -2.03. The molecule has 0 atom stereocenters.